The maximum absolute atomic E-state index is 11.7. The first-order chi connectivity index (χ1) is 13.1. The number of hydrogen-bond acceptors (Lipinski definition) is 9. The Morgan fingerprint density at radius 2 is 2.15 bits per heavy atom. The van der Waals surface area contributed by atoms with Gasteiger partial charge in [0.15, 0.2) is 11.2 Å². The molecule has 150 valence electrons. The summed E-state index contributed by atoms with van der Waals surface area (Å²) in [6.07, 6.45) is 3.50. The van der Waals surface area contributed by atoms with Crippen molar-refractivity contribution in [2.45, 2.75) is 46.2 Å². The predicted octanol–water partition coefficient (Wildman–Crippen LogP) is 1.10. The van der Waals surface area contributed by atoms with E-state index in [1.807, 2.05) is 18.4 Å². The monoisotopic (exact) mass is 380 g/mol. The minimum Gasteiger partial charge on any atom is -0.476 e. The number of carbonyl (C=O) groups is 1. The number of nitrogens with one attached hydrogen (secondary N) is 1. The van der Waals surface area contributed by atoms with Crippen LogP contribution >= 0.6 is 0 Å². The van der Waals surface area contributed by atoms with Gasteiger partial charge in [-0.2, -0.15) is 9.97 Å². The molecule has 0 radical (unpaired) electrons. The number of ether oxygens (including phenoxy) is 3. The number of anilines is 1. The van der Waals surface area contributed by atoms with E-state index in [1.54, 1.807) is 13.3 Å². The van der Waals surface area contributed by atoms with Crippen LogP contribution in [0.2, 0.25) is 0 Å². The van der Waals surface area contributed by atoms with Gasteiger partial charge in [-0.05, 0) is 20.3 Å². The zero-order valence-electron chi connectivity index (χ0n) is 16.1. The number of nitrogens with two attached hydrogens (primary N) is 1. The molecule has 3 N–H and O–H groups in total. The third-order valence-electron chi connectivity index (χ3n) is 3.79. The van der Waals surface area contributed by atoms with E-state index in [2.05, 4.69) is 20.3 Å². The zero-order valence-corrected chi connectivity index (χ0v) is 16.1. The Hall–Kier alpha value is -2.46. The normalized spacial score (nSPS) is 12.3. The molecular weight excluding hydrogens is 352 g/mol. The second kappa shape index (κ2) is 10.6. The third kappa shape index (κ3) is 6.04. The fourth-order valence-electron chi connectivity index (χ4n) is 2.28. The van der Waals surface area contributed by atoms with Crippen molar-refractivity contribution in [1.82, 2.24) is 24.8 Å². The number of aromatic nitrogens is 4. The molecule has 0 aliphatic carbocycles. The van der Waals surface area contributed by atoms with Crippen molar-refractivity contribution in [3.63, 3.8) is 0 Å². The van der Waals surface area contributed by atoms with Gasteiger partial charge in [-0.1, -0.05) is 13.3 Å². The molecule has 10 nitrogen and oxygen atoms in total. The van der Waals surface area contributed by atoms with Gasteiger partial charge in [-0.3, -0.25) is 10.1 Å². The molecule has 2 rings (SSSR count). The highest BCUT2D eigenvalue weighted by atomic mass is 16.5. The number of rotatable bonds is 12. The van der Waals surface area contributed by atoms with Crippen LogP contribution in [-0.2, 0) is 20.8 Å². The van der Waals surface area contributed by atoms with Crippen LogP contribution in [0.15, 0.2) is 6.33 Å². The van der Waals surface area contributed by atoms with Crippen molar-refractivity contribution < 1.29 is 19.0 Å². The average Bonchev–Trinajstić information content (AvgIpc) is 3.04. The van der Waals surface area contributed by atoms with Crippen LogP contribution in [-0.4, -0.2) is 58.1 Å². The van der Waals surface area contributed by atoms with E-state index in [4.69, 9.17) is 19.9 Å². The lowest BCUT2D eigenvalue weighted by Gasteiger charge is -2.13. The minimum absolute atomic E-state index is 0.130. The minimum atomic E-state index is -0.419. The number of hydrogen-bond donors (Lipinski definition) is 2. The molecule has 0 saturated heterocycles. The van der Waals surface area contributed by atoms with Crippen LogP contribution in [0.1, 0.15) is 33.6 Å². The summed E-state index contributed by atoms with van der Waals surface area (Å²) in [5.41, 5.74) is 6.89. The van der Waals surface area contributed by atoms with E-state index in [-0.39, 0.29) is 18.6 Å². The standard InChI is InChI=1S/C17H28N6O4/c1-4-6-8-27-16(24)12(3)20-11-25-9-7-23-10-19-13-14(23)21-17(18)22-15(13)26-5-2/h10,12,20H,4-9,11H2,1-3H3,(H2,18,21,22)/t12-/m0/s1. The molecular formula is C17H28N6O4. The topological polar surface area (TPSA) is 126 Å². The van der Waals surface area contributed by atoms with Crippen molar-refractivity contribution in [1.29, 1.82) is 0 Å². The van der Waals surface area contributed by atoms with Crippen molar-refractivity contribution in [3.05, 3.63) is 6.33 Å². The molecule has 10 heteroatoms. The maximum atomic E-state index is 11.7. The van der Waals surface area contributed by atoms with Gasteiger partial charge in [0.1, 0.15) is 6.04 Å². The first kappa shape index (κ1) is 20.8. The fraction of sp³-hybridized carbons (Fsp3) is 0.647. The van der Waals surface area contributed by atoms with Crippen molar-refractivity contribution >= 4 is 23.1 Å². The van der Waals surface area contributed by atoms with E-state index >= 15 is 0 Å². The van der Waals surface area contributed by atoms with E-state index in [0.29, 0.717) is 43.4 Å². The lowest BCUT2D eigenvalue weighted by molar-refractivity contribution is -0.146. The zero-order chi connectivity index (χ0) is 19.6. The molecule has 0 aliphatic rings. The summed E-state index contributed by atoms with van der Waals surface area (Å²) in [5, 5.41) is 2.97. The summed E-state index contributed by atoms with van der Waals surface area (Å²) in [7, 11) is 0. The Morgan fingerprint density at radius 1 is 1.33 bits per heavy atom. The molecule has 0 amide bonds. The highest BCUT2D eigenvalue weighted by Crippen LogP contribution is 2.21. The van der Waals surface area contributed by atoms with Crippen LogP contribution in [0, 0.1) is 0 Å². The summed E-state index contributed by atoms with van der Waals surface area (Å²) >= 11 is 0. The van der Waals surface area contributed by atoms with Crippen LogP contribution < -0.4 is 15.8 Å². The van der Waals surface area contributed by atoms with Crippen molar-refractivity contribution in [2.75, 3.05) is 32.3 Å². The largest absolute Gasteiger partial charge is 0.476 e. The van der Waals surface area contributed by atoms with Crippen LogP contribution in [0.3, 0.4) is 0 Å². The number of unbranched alkanes of at least 4 members (excludes halogenated alkanes) is 1. The van der Waals surface area contributed by atoms with Gasteiger partial charge in [0.2, 0.25) is 11.8 Å². The van der Waals surface area contributed by atoms with E-state index in [9.17, 15) is 4.79 Å². The van der Waals surface area contributed by atoms with Gasteiger partial charge in [-0.25, -0.2) is 4.98 Å². The second-order valence-corrected chi connectivity index (χ2v) is 5.93. The Balaban J connectivity index is 1.78. The Labute approximate surface area is 158 Å². The number of nitrogens with zero attached hydrogens (tertiary/aromatic N) is 4. The smallest absolute Gasteiger partial charge is 0.322 e. The SMILES string of the molecule is CCCCOC(=O)[C@H](C)NCOCCn1cnc2c(OCC)nc(N)nc21. The van der Waals surface area contributed by atoms with Crippen molar-refractivity contribution in [3.8, 4) is 5.88 Å². The quantitative estimate of drug-likeness (QED) is 0.316. The average molecular weight is 380 g/mol. The molecule has 2 heterocycles. The first-order valence-corrected chi connectivity index (χ1v) is 9.15. The predicted molar refractivity (Wildman–Crippen MR) is 100 cm³/mol. The molecule has 0 unspecified atom stereocenters. The third-order valence-corrected chi connectivity index (χ3v) is 3.79. The van der Waals surface area contributed by atoms with Gasteiger partial charge in [0.05, 0.1) is 32.9 Å². The van der Waals surface area contributed by atoms with E-state index < -0.39 is 6.04 Å². The summed E-state index contributed by atoms with van der Waals surface area (Å²) in [6.45, 7) is 7.73. The Bertz CT molecular complexity index is 736. The van der Waals surface area contributed by atoms with Gasteiger partial charge < -0.3 is 24.5 Å². The molecule has 0 aromatic carbocycles. The summed E-state index contributed by atoms with van der Waals surface area (Å²) in [4.78, 5) is 24.3. The molecule has 0 saturated carbocycles. The maximum Gasteiger partial charge on any atom is 0.322 e. The molecule has 0 bridgehead atoms. The first-order valence-electron chi connectivity index (χ1n) is 9.15. The van der Waals surface area contributed by atoms with Gasteiger partial charge >= 0.3 is 5.97 Å². The summed E-state index contributed by atoms with van der Waals surface area (Å²) < 4.78 is 17.9. The lowest BCUT2D eigenvalue weighted by Crippen LogP contribution is -2.37. The number of imidazole rings is 1. The molecule has 27 heavy (non-hydrogen) atoms. The van der Waals surface area contributed by atoms with Crippen LogP contribution in [0.4, 0.5) is 5.95 Å². The van der Waals surface area contributed by atoms with Crippen LogP contribution in [0.5, 0.6) is 5.88 Å². The van der Waals surface area contributed by atoms with Gasteiger partial charge in [-0.15, -0.1) is 0 Å². The lowest BCUT2D eigenvalue weighted by atomic mass is 10.3. The molecule has 2 aromatic rings. The number of carbonyl (C=O) groups excluding carboxylic acids is 1. The summed E-state index contributed by atoms with van der Waals surface area (Å²) in [5.74, 6) is 0.228. The molecule has 0 fully saturated rings. The molecule has 0 aliphatic heterocycles. The summed E-state index contributed by atoms with van der Waals surface area (Å²) in [6, 6.07) is -0.419. The van der Waals surface area contributed by atoms with Crippen molar-refractivity contribution in [2.24, 2.45) is 0 Å². The Morgan fingerprint density at radius 3 is 2.89 bits per heavy atom. The van der Waals surface area contributed by atoms with E-state index in [0.717, 1.165) is 12.8 Å². The molecule has 2 aromatic heterocycles. The highest BCUT2D eigenvalue weighted by molar-refractivity contribution is 5.77. The number of nitrogen functional groups attached to an aromatic ring is 1. The van der Waals surface area contributed by atoms with Gasteiger partial charge in [0, 0.05) is 6.54 Å². The van der Waals surface area contributed by atoms with Gasteiger partial charge in [0.25, 0.3) is 0 Å². The molecule has 1 atom stereocenters. The highest BCUT2D eigenvalue weighted by Gasteiger charge is 2.14. The van der Waals surface area contributed by atoms with Crippen LogP contribution in [0.25, 0.3) is 11.2 Å². The van der Waals surface area contributed by atoms with E-state index in [1.165, 1.54) is 0 Å². The number of esters is 1. The second-order valence-electron chi connectivity index (χ2n) is 5.93. The molecule has 0 spiro atoms. The fourth-order valence-corrected chi connectivity index (χ4v) is 2.28. The number of fused-ring (bicyclic) bond motifs is 1. The Kier molecular flexibility index (Phi) is 8.21.